The third-order valence-corrected chi connectivity index (χ3v) is 15.9. The predicted molar refractivity (Wildman–Crippen MR) is 102 cm³/mol. The molecule has 4 bridgehead atoms. The molecule has 1 N–H and O–H groups in total. The van der Waals surface area contributed by atoms with E-state index in [9.17, 15) is 0 Å². The van der Waals surface area contributed by atoms with Gasteiger partial charge in [0.25, 0.3) is 0 Å². The molecule has 0 spiro atoms. The molecule has 114 valence electrons. The van der Waals surface area contributed by atoms with Crippen molar-refractivity contribution in [1.29, 1.82) is 5.26 Å². The van der Waals surface area contributed by atoms with Crippen LogP contribution in [0.25, 0.3) is 9.41 Å². The molecule has 0 saturated carbocycles. The molecule has 2 aromatic rings. The Kier molecular flexibility index (Phi) is 3.53. The maximum atomic E-state index is 8.97. The number of hydrogen-bond acceptors (Lipinski definition) is 3. The van der Waals surface area contributed by atoms with Crippen molar-refractivity contribution in [2.45, 2.75) is 6.42 Å². The summed E-state index contributed by atoms with van der Waals surface area (Å²) in [4.78, 5) is 0. The average molecular weight is 430 g/mol. The summed E-state index contributed by atoms with van der Waals surface area (Å²) in [5, 5.41) is 12.6. The van der Waals surface area contributed by atoms with Gasteiger partial charge in [0, 0.05) is 0 Å². The monoisotopic (exact) mass is 430 g/mol. The molecule has 0 radical (unpaired) electrons. The van der Waals surface area contributed by atoms with Gasteiger partial charge in [-0.25, -0.2) is 0 Å². The molecule has 4 heteroatoms. The van der Waals surface area contributed by atoms with Crippen LogP contribution in [0.1, 0.15) is 22.3 Å². The van der Waals surface area contributed by atoms with E-state index in [1.165, 1.54) is 22.4 Å². The van der Waals surface area contributed by atoms with E-state index in [0.29, 0.717) is 0 Å². The number of benzene rings is 2. The minimum absolute atomic E-state index is 0.742. The molecule has 0 aliphatic carbocycles. The Bertz CT molecular complexity index is 943. The fourth-order valence-electron chi connectivity index (χ4n) is 4.13. The molecule has 1 fully saturated rings. The number of hydrogen-bond donors (Lipinski definition) is 1. The van der Waals surface area contributed by atoms with E-state index in [1.807, 2.05) is 23.9 Å². The third kappa shape index (κ3) is 2.18. The van der Waals surface area contributed by atoms with E-state index in [1.54, 1.807) is 9.98 Å². The van der Waals surface area contributed by atoms with E-state index >= 15 is 0 Å². The molecule has 0 unspecified atom stereocenters. The van der Waals surface area contributed by atoms with Crippen molar-refractivity contribution in [1.82, 2.24) is 5.32 Å². The average Bonchev–Trinajstić information content (AvgIpc) is 3.29. The zero-order valence-electron chi connectivity index (χ0n) is 13.2. The molecule has 3 heterocycles. The van der Waals surface area contributed by atoms with Crippen molar-refractivity contribution in [3.05, 3.63) is 73.7 Å². The van der Waals surface area contributed by atoms with Gasteiger partial charge in [0.15, 0.2) is 0 Å². The zero-order chi connectivity index (χ0) is 16.1. The maximum absolute atomic E-state index is 8.97. The molecule has 5 rings (SSSR count). The van der Waals surface area contributed by atoms with Crippen molar-refractivity contribution in [3.8, 4) is 6.07 Å². The molecule has 2 aromatic carbocycles. The van der Waals surface area contributed by atoms with Crippen LogP contribution in [0.2, 0.25) is 0 Å². The molecule has 1 saturated heterocycles. The molecular formula is C20H15InN2S. The molecule has 0 atom stereocenters. The second kappa shape index (κ2) is 5.75. The first-order chi connectivity index (χ1) is 11.8. The molecule has 0 amide bonds. The summed E-state index contributed by atoms with van der Waals surface area (Å²) in [6.45, 7) is 0. The van der Waals surface area contributed by atoms with E-state index in [0.717, 1.165) is 23.6 Å². The number of allylic oxidation sites excluding steroid dienone is 1. The molecule has 24 heavy (non-hydrogen) atoms. The van der Waals surface area contributed by atoms with E-state index < -0.39 is 21.4 Å². The van der Waals surface area contributed by atoms with Gasteiger partial charge < -0.3 is 0 Å². The van der Waals surface area contributed by atoms with Crippen LogP contribution in [0.4, 0.5) is 0 Å². The molecule has 2 nitrogen and oxygen atoms in total. The van der Waals surface area contributed by atoms with E-state index in [-0.39, 0.29) is 0 Å². The van der Waals surface area contributed by atoms with Gasteiger partial charge in [0.2, 0.25) is 0 Å². The fourth-order valence-corrected chi connectivity index (χ4v) is 16.3. The van der Waals surface area contributed by atoms with Gasteiger partial charge >= 0.3 is 154 Å². The Morgan fingerprint density at radius 3 is 2.75 bits per heavy atom. The number of rotatable bonds is 2. The van der Waals surface area contributed by atoms with Gasteiger partial charge in [-0.05, 0) is 0 Å². The predicted octanol–water partition coefficient (Wildman–Crippen LogP) is 3.00. The van der Waals surface area contributed by atoms with Gasteiger partial charge in [0.1, 0.15) is 0 Å². The topological polar surface area (TPSA) is 35.8 Å². The van der Waals surface area contributed by atoms with Crippen LogP contribution < -0.4 is 8.64 Å². The van der Waals surface area contributed by atoms with E-state index in [4.69, 9.17) is 5.26 Å². The van der Waals surface area contributed by atoms with Crippen molar-refractivity contribution >= 4 is 45.9 Å². The van der Waals surface area contributed by atoms with Crippen molar-refractivity contribution in [2.24, 2.45) is 0 Å². The Balaban J connectivity index is 1.54. The summed E-state index contributed by atoms with van der Waals surface area (Å²) in [6, 6.07) is 17.2. The Morgan fingerprint density at radius 2 is 2.04 bits per heavy atom. The van der Waals surface area contributed by atoms with Crippen LogP contribution in [0.5, 0.6) is 0 Å². The Hall–Kier alpha value is -1.57. The van der Waals surface area contributed by atoms with Gasteiger partial charge in [-0.2, -0.15) is 0 Å². The Morgan fingerprint density at radius 1 is 1.17 bits per heavy atom. The second-order valence-electron chi connectivity index (χ2n) is 6.51. The summed E-state index contributed by atoms with van der Waals surface area (Å²) in [5.74, 6) is 2.20. The molecule has 3 aliphatic rings. The minimum atomic E-state index is -2.10. The van der Waals surface area contributed by atoms with Gasteiger partial charge in [-0.1, -0.05) is 0 Å². The third-order valence-electron chi connectivity index (χ3n) is 5.18. The summed E-state index contributed by atoms with van der Waals surface area (Å²) < 4.78 is 5.08. The summed E-state index contributed by atoms with van der Waals surface area (Å²) >= 11 is -0.108. The van der Waals surface area contributed by atoms with Gasteiger partial charge in [-0.3, -0.25) is 0 Å². The van der Waals surface area contributed by atoms with Crippen LogP contribution in [0, 0.1) is 11.3 Å². The number of nitrogens with one attached hydrogen (secondary N) is 1. The molecular weight excluding hydrogens is 415 g/mol. The van der Waals surface area contributed by atoms with Crippen LogP contribution in [0.15, 0.2) is 51.5 Å². The first kappa shape index (κ1) is 14.7. The molecule has 3 aliphatic heterocycles. The molecule has 0 aromatic heterocycles. The van der Waals surface area contributed by atoms with Crippen molar-refractivity contribution in [3.63, 3.8) is 0 Å². The van der Waals surface area contributed by atoms with Gasteiger partial charge in [-0.15, -0.1) is 0 Å². The van der Waals surface area contributed by atoms with Crippen molar-refractivity contribution in [2.75, 3.05) is 11.6 Å². The van der Waals surface area contributed by atoms with Crippen LogP contribution in [-0.2, 0) is 6.42 Å². The zero-order valence-corrected chi connectivity index (χ0v) is 17.3. The van der Waals surface area contributed by atoms with Crippen LogP contribution >= 0.6 is 11.8 Å². The number of thioether (sulfide) groups is 1. The van der Waals surface area contributed by atoms with Crippen LogP contribution in [0.3, 0.4) is 0 Å². The first-order valence-corrected chi connectivity index (χ1v) is 14.3. The number of nitrogens with zero attached hydrogens (tertiary/aromatic N) is 1. The first-order valence-electron chi connectivity index (χ1n) is 8.22. The summed E-state index contributed by atoms with van der Waals surface area (Å²) in [7, 11) is 0. The van der Waals surface area contributed by atoms with Gasteiger partial charge in [0.05, 0.1) is 0 Å². The standard InChI is InChI=1S/C20H15N2S.In/c21-13-17-10-8-16(9-11-17)4-3-7-18-5-1-2-6-19(18)12-20-14-23-15-22-20;/h1-2,6-11,22H,4,14-15H2;. The Labute approximate surface area is 153 Å². The fraction of sp³-hybridized carbons (Fsp3) is 0.150. The normalized spacial score (nSPS) is 20.1. The van der Waals surface area contributed by atoms with Crippen molar-refractivity contribution < 1.29 is 0 Å². The summed E-state index contributed by atoms with van der Waals surface area (Å²) in [6.07, 6.45) is 3.53. The second-order valence-corrected chi connectivity index (χ2v) is 15.5. The van der Waals surface area contributed by atoms with E-state index in [2.05, 4.69) is 47.8 Å². The number of nitriles is 1. The SMILES string of the molecule is N#Cc1ccc(C[C]2=Cc3c4ccc[c]3[In]2/[C]4=C2/CSCN2)cc1. The summed E-state index contributed by atoms with van der Waals surface area (Å²) in [5.41, 5.74) is 6.61. The quantitative estimate of drug-likeness (QED) is 0.796. The van der Waals surface area contributed by atoms with Crippen LogP contribution in [-0.4, -0.2) is 33.1 Å².